The van der Waals surface area contributed by atoms with E-state index in [1.807, 2.05) is 0 Å². The van der Waals surface area contributed by atoms with E-state index in [1.165, 1.54) is 13.8 Å². The summed E-state index contributed by atoms with van der Waals surface area (Å²) in [5.74, 6) is -2.04. The Morgan fingerprint density at radius 1 is 1.35 bits per heavy atom. The summed E-state index contributed by atoms with van der Waals surface area (Å²) >= 11 is 0. The van der Waals surface area contributed by atoms with E-state index in [1.54, 1.807) is 0 Å². The average molecular weight is 258 g/mol. The van der Waals surface area contributed by atoms with Gasteiger partial charge in [0.05, 0.1) is 5.25 Å². The zero-order valence-corrected chi connectivity index (χ0v) is 9.93. The molecule has 0 atom stereocenters. The zero-order valence-electron chi connectivity index (χ0n) is 9.11. The van der Waals surface area contributed by atoms with Gasteiger partial charge in [0.25, 0.3) is 5.12 Å². The first-order valence-corrected chi connectivity index (χ1v) is 6.16. The monoisotopic (exact) mass is 258 g/mol. The fourth-order valence-electron chi connectivity index (χ4n) is 0.935. The highest BCUT2D eigenvalue weighted by Crippen LogP contribution is 2.09. The Morgan fingerprint density at radius 3 is 2.41 bits per heavy atom. The molecule has 17 heavy (non-hydrogen) atoms. The molecule has 1 rings (SSSR count). The van der Waals surface area contributed by atoms with Crippen LogP contribution in [0.2, 0.25) is 0 Å². The van der Waals surface area contributed by atoms with Crippen molar-refractivity contribution in [1.29, 1.82) is 0 Å². The molecule has 0 bridgehead atoms. The molecule has 0 aliphatic carbocycles. The number of hydrogen-bond donors (Lipinski definition) is 1. The van der Waals surface area contributed by atoms with Crippen LogP contribution in [0.4, 0.5) is 0 Å². The number of aromatic carboxylic acids is 1. The number of aromatic nitrogens is 2. The predicted octanol–water partition coefficient (Wildman–Crippen LogP) is 0.138. The summed E-state index contributed by atoms with van der Waals surface area (Å²) in [4.78, 5) is 29.0. The average Bonchev–Trinajstić information content (AvgIpc) is 2.27. The number of sulfone groups is 1. The van der Waals surface area contributed by atoms with Gasteiger partial charge in [0, 0.05) is 6.20 Å². The van der Waals surface area contributed by atoms with E-state index in [9.17, 15) is 18.0 Å². The molecule has 0 fully saturated rings. The van der Waals surface area contributed by atoms with Gasteiger partial charge < -0.3 is 5.11 Å². The van der Waals surface area contributed by atoms with Crippen molar-refractivity contribution in [2.45, 2.75) is 19.1 Å². The quantitative estimate of drug-likeness (QED) is 0.819. The number of carbonyl (C=O) groups excluding carboxylic acids is 1. The lowest BCUT2D eigenvalue weighted by Crippen LogP contribution is -2.25. The molecule has 1 heterocycles. The molecular formula is C9H10N2O5S. The van der Waals surface area contributed by atoms with E-state index in [0.717, 1.165) is 12.3 Å². The van der Waals surface area contributed by atoms with E-state index in [4.69, 9.17) is 5.11 Å². The first kappa shape index (κ1) is 13.2. The molecule has 8 heteroatoms. The van der Waals surface area contributed by atoms with Gasteiger partial charge in [-0.25, -0.2) is 23.2 Å². The van der Waals surface area contributed by atoms with Crippen LogP contribution in [0.15, 0.2) is 12.3 Å². The van der Waals surface area contributed by atoms with Crippen LogP contribution in [0.3, 0.4) is 0 Å². The highest BCUT2D eigenvalue weighted by Gasteiger charge is 2.29. The number of rotatable bonds is 3. The molecule has 0 radical (unpaired) electrons. The summed E-state index contributed by atoms with van der Waals surface area (Å²) in [6.45, 7) is 2.71. The van der Waals surface area contributed by atoms with Crippen LogP contribution in [0, 0.1) is 0 Å². The standard InChI is InChI=1S/C9H10N2O5S/c1-5(2)17(15,16)9(14)6-3-4-10-7(11-6)8(12)13/h3-5H,1-2H3,(H,12,13). The molecule has 92 valence electrons. The number of hydrogen-bond acceptors (Lipinski definition) is 6. The van der Waals surface area contributed by atoms with Gasteiger partial charge in [0.15, 0.2) is 0 Å². The summed E-state index contributed by atoms with van der Waals surface area (Å²) in [5.41, 5.74) is -0.439. The number of carbonyl (C=O) groups is 2. The van der Waals surface area contributed by atoms with Crippen molar-refractivity contribution < 1.29 is 23.1 Å². The summed E-state index contributed by atoms with van der Waals surface area (Å²) in [7, 11) is -3.99. The molecule has 7 nitrogen and oxygen atoms in total. The zero-order chi connectivity index (χ0) is 13.2. The molecule has 0 aliphatic rings. The molecule has 0 saturated carbocycles. The van der Waals surface area contributed by atoms with Crippen LogP contribution in [-0.2, 0) is 9.84 Å². The van der Waals surface area contributed by atoms with E-state index in [2.05, 4.69) is 9.97 Å². The molecule has 0 saturated heterocycles. The van der Waals surface area contributed by atoms with Gasteiger partial charge in [0.2, 0.25) is 15.7 Å². The van der Waals surface area contributed by atoms with Crippen molar-refractivity contribution >= 4 is 20.9 Å². The Balaban J connectivity index is 3.23. The third-order valence-corrected chi connectivity index (χ3v) is 3.90. The van der Waals surface area contributed by atoms with Gasteiger partial charge in [-0.15, -0.1) is 0 Å². The lowest BCUT2D eigenvalue weighted by molar-refractivity contribution is 0.0683. The summed E-state index contributed by atoms with van der Waals surface area (Å²) < 4.78 is 23.1. The Bertz CT molecular complexity index is 565. The fraction of sp³-hybridized carbons (Fsp3) is 0.333. The summed E-state index contributed by atoms with van der Waals surface area (Å²) in [6.07, 6.45) is 1.03. The maximum atomic E-state index is 11.6. The van der Waals surface area contributed by atoms with Gasteiger partial charge >= 0.3 is 5.97 Å². The Labute approximate surface area is 97.4 Å². The number of carboxylic acid groups (broad SMARTS) is 1. The van der Waals surface area contributed by atoms with Gasteiger partial charge in [-0.05, 0) is 19.9 Å². The van der Waals surface area contributed by atoms with E-state index in [0.29, 0.717) is 0 Å². The molecule has 0 unspecified atom stereocenters. The van der Waals surface area contributed by atoms with E-state index in [-0.39, 0.29) is 0 Å². The lowest BCUT2D eigenvalue weighted by Gasteiger charge is -2.05. The van der Waals surface area contributed by atoms with Crippen molar-refractivity contribution in [3.05, 3.63) is 23.8 Å². The first-order chi connectivity index (χ1) is 7.76. The van der Waals surface area contributed by atoms with Crippen molar-refractivity contribution in [1.82, 2.24) is 9.97 Å². The third kappa shape index (κ3) is 2.64. The van der Waals surface area contributed by atoms with Crippen molar-refractivity contribution in [3.63, 3.8) is 0 Å². The topological polar surface area (TPSA) is 114 Å². The molecule has 0 aliphatic heterocycles. The van der Waals surface area contributed by atoms with Crippen LogP contribution in [0.1, 0.15) is 35.0 Å². The summed E-state index contributed by atoms with van der Waals surface area (Å²) in [5, 5.41) is 6.53. The van der Waals surface area contributed by atoms with Crippen LogP contribution < -0.4 is 0 Å². The van der Waals surface area contributed by atoms with Crippen LogP contribution in [-0.4, -0.2) is 39.8 Å². The Kier molecular flexibility index (Phi) is 3.56. The second kappa shape index (κ2) is 4.58. The molecule has 0 aromatic carbocycles. The van der Waals surface area contributed by atoms with E-state index < -0.39 is 37.7 Å². The third-order valence-electron chi connectivity index (χ3n) is 1.94. The maximum Gasteiger partial charge on any atom is 0.373 e. The molecule has 0 spiro atoms. The minimum atomic E-state index is -3.99. The highest BCUT2D eigenvalue weighted by atomic mass is 32.2. The van der Waals surface area contributed by atoms with Crippen molar-refractivity contribution in [2.24, 2.45) is 0 Å². The van der Waals surface area contributed by atoms with Gasteiger partial charge in [-0.1, -0.05) is 0 Å². The van der Waals surface area contributed by atoms with Crippen LogP contribution in [0.5, 0.6) is 0 Å². The first-order valence-electron chi connectivity index (χ1n) is 4.61. The van der Waals surface area contributed by atoms with Crippen molar-refractivity contribution in [3.8, 4) is 0 Å². The smallest absolute Gasteiger partial charge is 0.373 e. The highest BCUT2D eigenvalue weighted by molar-refractivity contribution is 8.07. The van der Waals surface area contributed by atoms with Crippen LogP contribution in [0.25, 0.3) is 0 Å². The van der Waals surface area contributed by atoms with Gasteiger partial charge in [0.1, 0.15) is 5.69 Å². The maximum absolute atomic E-state index is 11.6. The number of carboxylic acids is 1. The summed E-state index contributed by atoms with van der Waals surface area (Å²) in [6, 6.07) is 1.06. The Hall–Kier alpha value is -1.83. The molecule has 1 aromatic heterocycles. The molecular weight excluding hydrogens is 248 g/mol. The second-order valence-electron chi connectivity index (χ2n) is 3.45. The number of nitrogens with zero attached hydrogens (tertiary/aromatic N) is 2. The minimum absolute atomic E-state index is 0.439. The lowest BCUT2D eigenvalue weighted by atomic mass is 10.4. The van der Waals surface area contributed by atoms with Gasteiger partial charge in [-0.2, -0.15) is 0 Å². The Morgan fingerprint density at radius 2 is 1.94 bits per heavy atom. The van der Waals surface area contributed by atoms with Gasteiger partial charge in [-0.3, -0.25) is 4.79 Å². The predicted molar refractivity (Wildman–Crippen MR) is 57.4 cm³/mol. The molecule has 1 aromatic rings. The van der Waals surface area contributed by atoms with Crippen molar-refractivity contribution in [2.75, 3.05) is 0 Å². The molecule has 0 amide bonds. The van der Waals surface area contributed by atoms with Crippen LogP contribution >= 0.6 is 0 Å². The minimum Gasteiger partial charge on any atom is -0.475 e. The molecule has 1 N–H and O–H groups in total. The fourth-order valence-corrected chi connectivity index (χ4v) is 1.77. The van der Waals surface area contributed by atoms with E-state index >= 15 is 0 Å². The SMILES string of the molecule is CC(C)S(=O)(=O)C(=O)c1ccnc(C(=O)O)n1. The largest absolute Gasteiger partial charge is 0.475 e. The normalized spacial score (nSPS) is 11.5. The second-order valence-corrected chi connectivity index (χ2v) is 5.86.